The van der Waals surface area contributed by atoms with Crippen molar-refractivity contribution in [1.29, 1.82) is 0 Å². The lowest BCUT2D eigenvalue weighted by molar-refractivity contribution is -0.121. The Labute approximate surface area is 76.6 Å². The topological polar surface area (TPSA) is 29.1 Å². The lowest BCUT2D eigenvalue weighted by atomic mass is 10.2. The van der Waals surface area contributed by atoms with Gasteiger partial charge in [-0.15, -0.1) is 11.3 Å². The molecule has 1 N–H and O–H groups in total. The average Bonchev–Trinajstić information content (AvgIpc) is 2.56. The summed E-state index contributed by atoms with van der Waals surface area (Å²) in [6, 6.07) is 4.18. The molecule has 0 aliphatic heterocycles. The van der Waals surface area contributed by atoms with Gasteiger partial charge in [-0.25, -0.2) is 0 Å². The van der Waals surface area contributed by atoms with Gasteiger partial charge in [0, 0.05) is 11.3 Å². The van der Waals surface area contributed by atoms with E-state index in [1.807, 2.05) is 31.4 Å². The molecule has 1 aromatic rings. The van der Waals surface area contributed by atoms with Crippen LogP contribution in [-0.2, 0) is 4.79 Å². The molecular weight excluding hydrogens is 170 g/mol. The highest BCUT2D eigenvalue weighted by Gasteiger charge is 2.07. The molecule has 0 unspecified atom stereocenters. The molecule has 2 nitrogen and oxygen atoms in total. The lowest BCUT2D eigenvalue weighted by Gasteiger charge is -2.10. The van der Waals surface area contributed by atoms with Crippen LogP contribution in [0, 0.1) is 0 Å². The third-order valence-corrected chi connectivity index (χ3v) is 2.72. The Balaban J connectivity index is 2.49. The summed E-state index contributed by atoms with van der Waals surface area (Å²) in [6.45, 7) is 3.86. The number of nitrogens with one attached hydrogen (secondary N) is 1. The van der Waals surface area contributed by atoms with Crippen LogP contribution < -0.4 is 5.32 Å². The Morgan fingerprint density at radius 1 is 1.75 bits per heavy atom. The molecule has 3 heteroatoms. The minimum Gasteiger partial charge on any atom is -0.349 e. The van der Waals surface area contributed by atoms with Crippen molar-refractivity contribution in [2.24, 2.45) is 0 Å². The Hall–Kier alpha value is -0.830. The number of carbonyl (C=O) groups excluding carboxylic acids is 1. The smallest absolute Gasteiger partial charge is 0.220 e. The fourth-order valence-corrected chi connectivity index (χ4v) is 1.69. The first kappa shape index (κ1) is 9.26. The van der Waals surface area contributed by atoms with Crippen molar-refractivity contribution in [2.45, 2.75) is 26.3 Å². The van der Waals surface area contributed by atoms with E-state index in [-0.39, 0.29) is 11.9 Å². The van der Waals surface area contributed by atoms with Gasteiger partial charge in [0.1, 0.15) is 0 Å². The number of amides is 1. The van der Waals surface area contributed by atoms with Crippen LogP contribution in [0.25, 0.3) is 0 Å². The zero-order chi connectivity index (χ0) is 8.97. The highest BCUT2D eigenvalue weighted by atomic mass is 32.1. The fourth-order valence-electron chi connectivity index (χ4n) is 0.952. The number of rotatable bonds is 3. The van der Waals surface area contributed by atoms with E-state index in [2.05, 4.69) is 5.32 Å². The van der Waals surface area contributed by atoms with E-state index in [1.165, 1.54) is 4.88 Å². The van der Waals surface area contributed by atoms with E-state index in [0.717, 1.165) is 0 Å². The van der Waals surface area contributed by atoms with Crippen molar-refractivity contribution in [3.63, 3.8) is 0 Å². The Morgan fingerprint density at radius 2 is 2.50 bits per heavy atom. The highest BCUT2D eigenvalue weighted by molar-refractivity contribution is 7.10. The molecule has 0 spiro atoms. The molecule has 1 rings (SSSR count). The van der Waals surface area contributed by atoms with Crippen LogP contribution in [-0.4, -0.2) is 5.91 Å². The third-order valence-electron chi connectivity index (χ3n) is 1.67. The second-order valence-corrected chi connectivity index (χ2v) is 3.64. The Kier molecular flexibility index (Phi) is 3.29. The van der Waals surface area contributed by atoms with Gasteiger partial charge in [-0.1, -0.05) is 13.0 Å². The molecule has 12 heavy (non-hydrogen) atoms. The molecule has 1 amide bonds. The number of hydrogen-bond acceptors (Lipinski definition) is 2. The molecule has 0 radical (unpaired) electrons. The zero-order valence-corrected chi connectivity index (χ0v) is 8.15. The lowest BCUT2D eigenvalue weighted by Crippen LogP contribution is -2.24. The van der Waals surface area contributed by atoms with E-state index in [1.54, 1.807) is 11.3 Å². The van der Waals surface area contributed by atoms with Crippen LogP contribution in [0.4, 0.5) is 0 Å². The maximum atomic E-state index is 11.0. The summed E-state index contributed by atoms with van der Waals surface area (Å²) in [5.74, 6) is 0.107. The quantitative estimate of drug-likeness (QED) is 0.765. The molecule has 1 heterocycles. The van der Waals surface area contributed by atoms with Gasteiger partial charge in [0.15, 0.2) is 0 Å². The standard InChI is InChI=1S/C9H13NOS/c1-3-9(11)10-7(2)8-5-4-6-12-8/h4-7H,3H2,1-2H3,(H,10,11)/t7-/m0/s1. The SMILES string of the molecule is CCC(=O)N[C@@H](C)c1cccs1. The zero-order valence-electron chi connectivity index (χ0n) is 7.33. The molecule has 0 aliphatic rings. The van der Waals surface area contributed by atoms with Crippen LogP contribution in [0.3, 0.4) is 0 Å². The summed E-state index contributed by atoms with van der Waals surface area (Å²) in [5, 5.41) is 4.92. The number of hydrogen-bond donors (Lipinski definition) is 1. The molecule has 0 bridgehead atoms. The summed E-state index contributed by atoms with van der Waals surface area (Å²) in [4.78, 5) is 12.2. The first-order valence-electron chi connectivity index (χ1n) is 4.06. The normalized spacial score (nSPS) is 12.5. The van der Waals surface area contributed by atoms with Crippen molar-refractivity contribution in [2.75, 3.05) is 0 Å². The van der Waals surface area contributed by atoms with Crippen LogP contribution >= 0.6 is 11.3 Å². The third kappa shape index (κ3) is 2.34. The predicted molar refractivity (Wildman–Crippen MR) is 51.2 cm³/mol. The van der Waals surface area contributed by atoms with Crippen LogP contribution in [0.5, 0.6) is 0 Å². The second-order valence-electron chi connectivity index (χ2n) is 2.66. The molecule has 0 saturated carbocycles. The van der Waals surface area contributed by atoms with Crippen molar-refractivity contribution in [3.8, 4) is 0 Å². The molecule has 0 saturated heterocycles. The molecule has 1 aromatic heterocycles. The summed E-state index contributed by atoms with van der Waals surface area (Å²) in [6.07, 6.45) is 0.551. The van der Waals surface area contributed by atoms with Crippen molar-refractivity contribution in [1.82, 2.24) is 5.32 Å². The fraction of sp³-hybridized carbons (Fsp3) is 0.444. The second kappa shape index (κ2) is 4.26. The highest BCUT2D eigenvalue weighted by Crippen LogP contribution is 2.17. The summed E-state index contributed by atoms with van der Waals surface area (Å²) >= 11 is 1.67. The van der Waals surface area contributed by atoms with Gasteiger partial charge in [0.25, 0.3) is 0 Å². The van der Waals surface area contributed by atoms with E-state index >= 15 is 0 Å². The first-order valence-corrected chi connectivity index (χ1v) is 4.94. The van der Waals surface area contributed by atoms with Gasteiger partial charge in [-0.3, -0.25) is 4.79 Å². The Bertz CT molecular complexity index is 243. The molecule has 66 valence electrons. The van der Waals surface area contributed by atoms with Gasteiger partial charge in [0.2, 0.25) is 5.91 Å². The van der Waals surface area contributed by atoms with E-state index in [0.29, 0.717) is 6.42 Å². The first-order chi connectivity index (χ1) is 5.74. The van der Waals surface area contributed by atoms with Gasteiger partial charge in [-0.2, -0.15) is 0 Å². The molecule has 0 aliphatic carbocycles. The van der Waals surface area contributed by atoms with E-state index < -0.39 is 0 Å². The van der Waals surface area contributed by atoms with Crippen LogP contribution in [0.1, 0.15) is 31.2 Å². The molecular formula is C9H13NOS. The summed E-state index contributed by atoms with van der Waals surface area (Å²) in [7, 11) is 0. The minimum atomic E-state index is 0.107. The van der Waals surface area contributed by atoms with Gasteiger partial charge in [0.05, 0.1) is 6.04 Å². The van der Waals surface area contributed by atoms with Gasteiger partial charge in [-0.05, 0) is 18.4 Å². The summed E-state index contributed by atoms with van der Waals surface area (Å²) < 4.78 is 0. The predicted octanol–water partition coefficient (Wildman–Crippen LogP) is 2.34. The average molecular weight is 183 g/mol. The maximum absolute atomic E-state index is 11.0. The minimum absolute atomic E-state index is 0.107. The number of carbonyl (C=O) groups is 1. The molecule has 0 fully saturated rings. The van der Waals surface area contributed by atoms with Gasteiger partial charge < -0.3 is 5.32 Å². The van der Waals surface area contributed by atoms with E-state index in [4.69, 9.17) is 0 Å². The van der Waals surface area contributed by atoms with Crippen LogP contribution in [0.2, 0.25) is 0 Å². The largest absolute Gasteiger partial charge is 0.349 e. The molecule has 0 aromatic carbocycles. The van der Waals surface area contributed by atoms with Crippen molar-refractivity contribution < 1.29 is 4.79 Å². The Morgan fingerprint density at radius 3 is 3.00 bits per heavy atom. The van der Waals surface area contributed by atoms with Crippen molar-refractivity contribution >= 4 is 17.2 Å². The van der Waals surface area contributed by atoms with Gasteiger partial charge >= 0.3 is 0 Å². The monoisotopic (exact) mass is 183 g/mol. The summed E-state index contributed by atoms with van der Waals surface area (Å²) in [5.41, 5.74) is 0. The van der Waals surface area contributed by atoms with Crippen LogP contribution in [0.15, 0.2) is 17.5 Å². The molecule has 1 atom stereocenters. The van der Waals surface area contributed by atoms with Crippen molar-refractivity contribution in [3.05, 3.63) is 22.4 Å². The van der Waals surface area contributed by atoms with E-state index in [9.17, 15) is 4.79 Å². The number of thiophene rings is 1. The maximum Gasteiger partial charge on any atom is 0.220 e.